The molecule has 0 heterocycles. The van der Waals surface area contributed by atoms with Crippen LogP contribution in [0.3, 0.4) is 0 Å². The van der Waals surface area contributed by atoms with E-state index >= 15 is 0 Å². The maximum absolute atomic E-state index is 12.2. The molecule has 2 aromatic rings. The molecule has 0 saturated carbocycles. The van der Waals surface area contributed by atoms with Crippen LogP contribution < -0.4 is 14.5 Å². The number of hydrogen-bond donors (Lipinski definition) is 1. The van der Waals surface area contributed by atoms with Crippen LogP contribution in [0.25, 0.3) is 0 Å². The number of nitrogens with one attached hydrogen (secondary N) is 1. The van der Waals surface area contributed by atoms with Gasteiger partial charge in [-0.3, -0.25) is 9.10 Å². The normalized spacial score (nSPS) is 11.8. The van der Waals surface area contributed by atoms with Crippen LogP contribution in [0.4, 0.5) is 5.69 Å². The van der Waals surface area contributed by atoms with Crippen molar-refractivity contribution in [1.29, 1.82) is 0 Å². The molecule has 0 spiro atoms. The number of carbonyl (C=O) groups is 1. The van der Waals surface area contributed by atoms with E-state index in [0.717, 1.165) is 16.1 Å². The number of hydrazone groups is 1. The second kappa shape index (κ2) is 8.88. The van der Waals surface area contributed by atoms with Crippen molar-refractivity contribution in [1.82, 2.24) is 5.43 Å². The Labute approximate surface area is 163 Å². The largest absolute Gasteiger partial charge is 0.497 e. The lowest BCUT2D eigenvalue weighted by Crippen LogP contribution is -2.39. The van der Waals surface area contributed by atoms with Gasteiger partial charge in [-0.1, -0.05) is 23.7 Å². The first-order valence-corrected chi connectivity index (χ1v) is 10.1. The fourth-order valence-electron chi connectivity index (χ4n) is 2.24. The van der Waals surface area contributed by atoms with Gasteiger partial charge >= 0.3 is 0 Å². The molecule has 0 atom stereocenters. The van der Waals surface area contributed by atoms with E-state index in [0.29, 0.717) is 11.5 Å². The molecule has 27 heavy (non-hydrogen) atoms. The molecule has 2 aromatic carbocycles. The average molecular weight is 410 g/mol. The van der Waals surface area contributed by atoms with Gasteiger partial charge in [0.1, 0.15) is 12.3 Å². The number of benzene rings is 2. The van der Waals surface area contributed by atoms with Gasteiger partial charge in [0.15, 0.2) is 0 Å². The molecule has 0 saturated heterocycles. The number of sulfonamides is 1. The Kier molecular flexibility index (Phi) is 6.81. The predicted octanol–water partition coefficient (Wildman–Crippen LogP) is 2.66. The summed E-state index contributed by atoms with van der Waals surface area (Å²) in [5.41, 5.74) is 3.96. The van der Waals surface area contributed by atoms with Crippen LogP contribution in [0.2, 0.25) is 5.02 Å². The lowest BCUT2D eigenvalue weighted by atomic mass is 10.1. The van der Waals surface area contributed by atoms with Gasteiger partial charge in [-0.05, 0) is 48.9 Å². The lowest BCUT2D eigenvalue weighted by molar-refractivity contribution is -0.119. The quantitative estimate of drug-likeness (QED) is 0.562. The molecule has 0 aliphatic carbocycles. The molecule has 0 bridgehead atoms. The Balaban J connectivity index is 2.12. The molecule has 1 N–H and O–H groups in total. The van der Waals surface area contributed by atoms with Crippen molar-refractivity contribution >= 4 is 38.9 Å². The van der Waals surface area contributed by atoms with Gasteiger partial charge in [-0.2, -0.15) is 5.10 Å². The number of anilines is 1. The number of halogens is 1. The Morgan fingerprint density at radius 2 is 1.81 bits per heavy atom. The van der Waals surface area contributed by atoms with E-state index in [1.165, 1.54) is 6.07 Å². The first-order chi connectivity index (χ1) is 12.7. The van der Waals surface area contributed by atoms with Gasteiger partial charge in [0.2, 0.25) is 10.0 Å². The number of methoxy groups -OCH3 is 1. The van der Waals surface area contributed by atoms with Gasteiger partial charge in [-0.25, -0.2) is 13.8 Å². The molecule has 0 fully saturated rings. The van der Waals surface area contributed by atoms with Crippen molar-refractivity contribution in [3.8, 4) is 5.75 Å². The highest BCUT2D eigenvalue weighted by molar-refractivity contribution is 7.92. The number of amides is 1. The predicted molar refractivity (Wildman–Crippen MR) is 107 cm³/mol. The minimum Gasteiger partial charge on any atom is -0.497 e. The van der Waals surface area contributed by atoms with Crippen LogP contribution in [-0.4, -0.2) is 39.9 Å². The van der Waals surface area contributed by atoms with Crippen molar-refractivity contribution in [2.45, 2.75) is 6.92 Å². The molecule has 1 amide bonds. The Morgan fingerprint density at radius 3 is 2.37 bits per heavy atom. The number of carbonyl (C=O) groups excluding carboxylic acids is 1. The van der Waals surface area contributed by atoms with Crippen LogP contribution in [0.1, 0.15) is 12.5 Å². The van der Waals surface area contributed by atoms with E-state index in [1.54, 1.807) is 56.5 Å². The highest BCUT2D eigenvalue weighted by Gasteiger charge is 2.22. The number of rotatable bonds is 7. The van der Waals surface area contributed by atoms with Gasteiger partial charge in [0.25, 0.3) is 5.91 Å². The van der Waals surface area contributed by atoms with E-state index in [2.05, 4.69) is 10.5 Å². The van der Waals surface area contributed by atoms with E-state index in [9.17, 15) is 13.2 Å². The summed E-state index contributed by atoms with van der Waals surface area (Å²) in [6.45, 7) is 1.28. The zero-order valence-electron chi connectivity index (χ0n) is 15.1. The zero-order chi connectivity index (χ0) is 20.0. The van der Waals surface area contributed by atoms with Crippen LogP contribution in [0, 0.1) is 0 Å². The lowest BCUT2D eigenvalue weighted by Gasteiger charge is -2.22. The van der Waals surface area contributed by atoms with Crippen LogP contribution >= 0.6 is 11.6 Å². The monoisotopic (exact) mass is 409 g/mol. The molecule has 0 aliphatic rings. The maximum Gasteiger partial charge on any atom is 0.260 e. The van der Waals surface area contributed by atoms with E-state index < -0.39 is 22.5 Å². The fourth-order valence-corrected chi connectivity index (χ4v) is 3.40. The number of nitrogens with zero attached hydrogens (tertiary/aromatic N) is 2. The number of para-hydroxylation sites is 1. The molecule has 9 heteroatoms. The smallest absolute Gasteiger partial charge is 0.260 e. The first kappa shape index (κ1) is 20.7. The summed E-state index contributed by atoms with van der Waals surface area (Å²) in [7, 11) is -2.14. The summed E-state index contributed by atoms with van der Waals surface area (Å²) in [4.78, 5) is 12.2. The molecule has 2 rings (SSSR count). The van der Waals surface area contributed by atoms with Gasteiger partial charge in [-0.15, -0.1) is 0 Å². The third-order valence-corrected chi connectivity index (χ3v) is 5.11. The van der Waals surface area contributed by atoms with E-state index in [-0.39, 0.29) is 10.7 Å². The van der Waals surface area contributed by atoms with Gasteiger partial charge in [0, 0.05) is 0 Å². The summed E-state index contributed by atoms with van der Waals surface area (Å²) < 4.78 is 30.2. The highest BCUT2D eigenvalue weighted by Crippen LogP contribution is 2.26. The first-order valence-electron chi connectivity index (χ1n) is 7.92. The highest BCUT2D eigenvalue weighted by atomic mass is 35.5. The second-order valence-electron chi connectivity index (χ2n) is 5.68. The molecular formula is C18H20ClN3O4S. The Hall–Kier alpha value is -2.58. The van der Waals surface area contributed by atoms with Crippen LogP contribution in [-0.2, 0) is 14.8 Å². The Bertz CT molecular complexity index is 943. The molecular weight excluding hydrogens is 390 g/mol. The summed E-state index contributed by atoms with van der Waals surface area (Å²) in [6, 6.07) is 13.6. The molecule has 0 radical (unpaired) electrons. The topological polar surface area (TPSA) is 88.1 Å². The van der Waals surface area contributed by atoms with Crippen molar-refractivity contribution < 1.29 is 17.9 Å². The fraction of sp³-hybridized carbons (Fsp3) is 0.222. The molecule has 7 nitrogen and oxygen atoms in total. The number of hydrogen-bond acceptors (Lipinski definition) is 5. The minimum atomic E-state index is -3.71. The standard InChI is InChI=1S/C18H20ClN3O4S/c1-13(14-8-10-15(26-2)11-9-14)20-21-18(23)12-22(27(3,24)25)17-7-5-4-6-16(17)19/h4-11H,12H2,1-3H3,(H,21,23)/b20-13-. The molecule has 0 aliphatic heterocycles. The van der Waals surface area contributed by atoms with Crippen molar-refractivity contribution in [3.63, 3.8) is 0 Å². The minimum absolute atomic E-state index is 0.229. The van der Waals surface area contributed by atoms with E-state index in [1.807, 2.05) is 0 Å². The second-order valence-corrected chi connectivity index (χ2v) is 8.00. The van der Waals surface area contributed by atoms with Gasteiger partial charge in [0.05, 0.1) is 29.8 Å². The van der Waals surface area contributed by atoms with Crippen LogP contribution in [0.5, 0.6) is 5.75 Å². The van der Waals surface area contributed by atoms with Crippen molar-refractivity contribution in [2.75, 3.05) is 24.2 Å². The average Bonchev–Trinajstić information content (AvgIpc) is 2.64. The molecule has 144 valence electrons. The third kappa shape index (κ3) is 5.70. The van der Waals surface area contributed by atoms with Crippen molar-refractivity contribution in [3.05, 3.63) is 59.1 Å². The summed E-state index contributed by atoms with van der Waals surface area (Å²) in [5, 5.41) is 4.25. The molecule has 0 unspecified atom stereocenters. The molecule has 0 aromatic heterocycles. The number of ether oxygens (including phenoxy) is 1. The summed E-state index contributed by atoms with van der Waals surface area (Å²) in [5.74, 6) is 0.118. The summed E-state index contributed by atoms with van der Waals surface area (Å²) >= 11 is 6.07. The van der Waals surface area contributed by atoms with E-state index in [4.69, 9.17) is 16.3 Å². The Morgan fingerprint density at radius 1 is 1.19 bits per heavy atom. The third-order valence-electron chi connectivity index (χ3n) is 3.66. The van der Waals surface area contributed by atoms with Gasteiger partial charge < -0.3 is 4.74 Å². The van der Waals surface area contributed by atoms with Crippen LogP contribution in [0.15, 0.2) is 53.6 Å². The van der Waals surface area contributed by atoms with Crippen molar-refractivity contribution in [2.24, 2.45) is 5.10 Å². The zero-order valence-corrected chi connectivity index (χ0v) is 16.7. The SMILES string of the molecule is COc1ccc(/C(C)=N\NC(=O)CN(c2ccccc2Cl)S(C)(=O)=O)cc1. The maximum atomic E-state index is 12.2. The summed E-state index contributed by atoms with van der Waals surface area (Å²) in [6.07, 6.45) is 1.01.